The Morgan fingerprint density at radius 2 is 1.69 bits per heavy atom. The molecule has 0 aliphatic carbocycles. The summed E-state index contributed by atoms with van der Waals surface area (Å²) in [6.45, 7) is 0. The molecule has 0 radical (unpaired) electrons. The number of aryl methyl sites for hydroxylation is 1. The second-order valence-corrected chi connectivity index (χ2v) is 7.56. The molecule has 3 rings (SSSR count). The van der Waals surface area contributed by atoms with E-state index in [0.717, 1.165) is 17.7 Å². The second-order valence-electron chi connectivity index (χ2n) is 6.22. The fraction of sp³-hybridized carbons (Fsp3) is 0.333. The van der Waals surface area contributed by atoms with E-state index in [-0.39, 0.29) is 6.04 Å². The van der Waals surface area contributed by atoms with E-state index in [2.05, 4.69) is 4.72 Å². The maximum atomic E-state index is 12.6. The molecule has 140 valence electrons. The van der Waals surface area contributed by atoms with Gasteiger partial charge in [0.05, 0.1) is 17.7 Å². The summed E-state index contributed by atoms with van der Waals surface area (Å²) in [6.07, 6.45) is -3.61. The van der Waals surface area contributed by atoms with E-state index in [1.165, 1.54) is 12.1 Å². The molecule has 1 N–H and O–H groups in total. The van der Waals surface area contributed by atoms with Crippen molar-refractivity contribution < 1.29 is 25.8 Å². The second kappa shape index (κ2) is 7.38. The summed E-state index contributed by atoms with van der Waals surface area (Å²) in [7, 11) is -3.86. The lowest BCUT2D eigenvalue weighted by molar-refractivity contribution is -0.137. The Bertz CT molecular complexity index is 836. The normalized spacial score (nSPS) is 22.9. The highest BCUT2D eigenvalue weighted by molar-refractivity contribution is 7.84. The quantitative estimate of drug-likeness (QED) is 0.866. The number of halogens is 3. The van der Waals surface area contributed by atoms with Gasteiger partial charge in [-0.1, -0.05) is 42.5 Å². The Kier molecular flexibility index (Phi) is 5.36. The van der Waals surface area contributed by atoms with Crippen molar-refractivity contribution in [1.82, 2.24) is 4.72 Å². The molecule has 1 heterocycles. The van der Waals surface area contributed by atoms with Crippen LogP contribution in [0.4, 0.5) is 13.2 Å². The van der Waals surface area contributed by atoms with E-state index in [4.69, 9.17) is 4.18 Å². The van der Waals surface area contributed by atoms with Gasteiger partial charge in [-0.15, -0.1) is 0 Å². The topological polar surface area (TPSA) is 55.4 Å². The predicted octanol–water partition coefficient (Wildman–Crippen LogP) is 4.00. The molecule has 0 bridgehead atoms. The minimum absolute atomic E-state index is 0.382. The molecule has 2 unspecified atom stereocenters. The summed E-state index contributed by atoms with van der Waals surface area (Å²) in [5, 5.41) is 0. The van der Waals surface area contributed by atoms with E-state index >= 15 is 0 Å². The molecule has 1 fully saturated rings. The average Bonchev–Trinajstić information content (AvgIpc) is 2.59. The van der Waals surface area contributed by atoms with Crippen molar-refractivity contribution in [3.8, 4) is 0 Å². The molecular formula is C18H18F3NO3S. The highest BCUT2D eigenvalue weighted by Gasteiger charge is 2.33. The van der Waals surface area contributed by atoms with Gasteiger partial charge in [-0.25, -0.2) is 0 Å². The van der Waals surface area contributed by atoms with Gasteiger partial charge in [-0.05, 0) is 42.5 Å². The van der Waals surface area contributed by atoms with Crippen LogP contribution in [-0.2, 0) is 27.1 Å². The zero-order chi connectivity index (χ0) is 18.8. The van der Waals surface area contributed by atoms with Crippen LogP contribution in [-0.4, -0.2) is 14.5 Å². The zero-order valence-electron chi connectivity index (χ0n) is 13.7. The molecule has 0 aromatic heterocycles. The van der Waals surface area contributed by atoms with Crippen molar-refractivity contribution in [1.29, 1.82) is 0 Å². The number of alkyl halides is 3. The molecule has 1 saturated heterocycles. The highest BCUT2D eigenvalue weighted by atomic mass is 32.2. The molecule has 0 saturated carbocycles. The summed E-state index contributed by atoms with van der Waals surface area (Å²) in [4.78, 5) is 0. The van der Waals surface area contributed by atoms with Crippen LogP contribution >= 0.6 is 0 Å². The number of hydrogen-bond acceptors (Lipinski definition) is 3. The van der Waals surface area contributed by atoms with Crippen LogP contribution in [0, 0.1) is 0 Å². The fourth-order valence-electron chi connectivity index (χ4n) is 2.97. The SMILES string of the molecule is O=S1(=O)NC(c2ccccc2)CC(CCc2ccc(C(F)(F)F)cc2)O1. The Labute approximate surface area is 150 Å². The first-order valence-electron chi connectivity index (χ1n) is 8.14. The standard InChI is InChI=1S/C18H18F3NO3S/c19-18(20,21)15-9-6-13(7-10-15)8-11-16-12-17(22-26(23,24)25-16)14-4-2-1-3-5-14/h1-7,9-10,16-17,22H,8,11-12H2. The van der Waals surface area contributed by atoms with Crippen molar-refractivity contribution >= 4 is 10.3 Å². The van der Waals surface area contributed by atoms with Crippen LogP contribution < -0.4 is 4.72 Å². The minimum Gasteiger partial charge on any atom is -0.255 e. The molecule has 2 aromatic rings. The van der Waals surface area contributed by atoms with Gasteiger partial charge >= 0.3 is 16.5 Å². The molecule has 8 heteroatoms. The molecule has 2 atom stereocenters. The van der Waals surface area contributed by atoms with Gasteiger partial charge in [0.1, 0.15) is 0 Å². The highest BCUT2D eigenvalue weighted by Crippen LogP contribution is 2.30. The van der Waals surface area contributed by atoms with Gasteiger partial charge in [-0.2, -0.15) is 26.3 Å². The Morgan fingerprint density at radius 1 is 1.04 bits per heavy atom. The number of hydrogen-bond donors (Lipinski definition) is 1. The first-order chi connectivity index (χ1) is 12.2. The molecule has 2 aromatic carbocycles. The van der Waals surface area contributed by atoms with Crippen LogP contribution in [0.1, 0.15) is 35.6 Å². The summed E-state index contributed by atoms with van der Waals surface area (Å²) in [6, 6.07) is 13.7. The van der Waals surface area contributed by atoms with E-state index < -0.39 is 28.1 Å². The van der Waals surface area contributed by atoms with Crippen LogP contribution in [0.2, 0.25) is 0 Å². The van der Waals surface area contributed by atoms with E-state index in [1.807, 2.05) is 30.3 Å². The summed E-state index contributed by atoms with van der Waals surface area (Å²) in [5.41, 5.74) is 0.846. The molecule has 26 heavy (non-hydrogen) atoms. The lowest BCUT2D eigenvalue weighted by atomic mass is 9.97. The van der Waals surface area contributed by atoms with Gasteiger partial charge in [-0.3, -0.25) is 4.18 Å². The van der Waals surface area contributed by atoms with Crippen LogP contribution in [0.15, 0.2) is 54.6 Å². The third-order valence-corrected chi connectivity index (χ3v) is 5.38. The Balaban J connectivity index is 1.65. The third-order valence-electron chi connectivity index (χ3n) is 4.29. The number of rotatable bonds is 4. The molecule has 0 spiro atoms. The monoisotopic (exact) mass is 385 g/mol. The van der Waals surface area contributed by atoms with Crippen molar-refractivity contribution in [2.24, 2.45) is 0 Å². The van der Waals surface area contributed by atoms with Gasteiger partial charge in [0.15, 0.2) is 0 Å². The molecule has 1 aliphatic rings. The van der Waals surface area contributed by atoms with Crippen LogP contribution in [0.3, 0.4) is 0 Å². The largest absolute Gasteiger partial charge is 0.416 e. The van der Waals surface area contributed by atoms with Crippen molar-refractivity contribution in [2.45, 2.75) is 37.6 Å². The number of benzene rings is 2. The first-order valence-corrected chi connectivity index (χ1v) is 9.55. The van der Waals surface area contributed by atoms with Crippen molar-refractivity contribution in [3.05, 3.63) is 71.3 Å². The maximum Gasteiger partial charge on any atom is 0.416 e. The van der Waals surface area contributed by atoms with Gasteiger partial charge in [0, 0.05) is 0 Å². The van der Waals surface area contributed by atoms with Crippen molar-refractivity contribution in [2.75, 3.05) is 0 Å². The smallest absolute Gasteiger partial charge is 0.255 e. The van der Waals surface area contributed by atoms with E-state index in [1.54, 1.807) is 0 Å². The average molecular weight is 385 g/mol. The molecule has 4 nitrogen and oxygen atoms in total. The van der Waals surface area contributed by atoms with Gasteiger partial charge in [0.2, 0.25) is 0 Å². The zero-order valence-corrected chi connectivity index (χ0v) is 14.6. The minimum atomic E-state index is -4.37. The fourth-order valence-corrected chi connectivity index (χ4v) is 4.14. The third kappa shape index (κ3) is 4.84. The van der Waals surface area contributed by atoms with Crippen LogP contribution in [0.5, 0.6) is 0 Å². The predicted molar refractivity (Wildman–Crippen MR) is 90.5 cm³/mol. The molecule has 1 aliphatic heterocycles. The Morgan fingerprint density at radius 3 is 2.31 bits per heavy atom. The lowest BCUT2D eigenvalue weighted by Crippen LogP contribution is -2.41. The molecular weight excluding hydrogens is 367 g/mol. The first kappa shape index (κ1) is 18.9. The maximum absolute atomic E-state index is 12.6. The Hall–Kier alpha value is -1.90. The lowest BCUT2D eigenvalue weighted by Gasteiger charge is -2.30. The van der Waals surface area contributed by atoms with Crippen LogP contribution in [0.25, 0.3) is 0 Å². The van der Waals surface area contributed by atoms with Gasteiger partial charge in [0.25, 0.3) is 0 Å². The van der Waals surface area contributed by atoms with Crippen molar-refractivity contribution in [3.63, 3.8) is 0 Å². The summed E-state index contributed by atoms with van der Waals surface area (Å²) < 4.78 is 69.3. The van der Waals surface area contributed by atoms with Gasteiger partial charge < -0.3 is 0 Å². The summed E-state index contributed by atoms with van der Waals surface area (Å²) >= 11 is 0. The van der Waals surface area contributed by atoms with E-state index in [9.17, 15) is 21.6 Å². The number of nitrogens with one attached hydrogen (secondary N) is 1. The molecule has 0 amide bonds. The summed E-state index contributed by atoms with van der Waals surface area (Å²) in [5.74, 6) is 0. The van der Waals surface area contributed by atoms with E-state index in [0.29, 0.717) is 24.8 Å².